The molecule has 0 saturated carbocycles. The van der Waals surface area contributed by atoms with Gasteiger partial charge in [-0.25, -0.2) is 4.68 Å². The van der Waals surface area contributed by atoms with E-state index in [1.54, 1.807) is 28.9 Å². The smallest absolute Gasteiger partial charge is 0.260 e. The normalized spacial score (nSPS) is 17.0. The van der Waals surface area contributed by atoms with Gasteiger partial charge in [-0.15, -0.1) is 5.10 Å². The number of imide groups is 1. The number of hydrogen-bond acceptors (Lipinski definition) is 6. The predicted octanol–water partition coefficient (Wildman–Crippen LogP) is 5.63. The molecule has 1 saturated heterocycles. The largest absolute Gasteiger partial charge is 0.278 e. The molecule has 9 heteroatoms. The molecule has 0 N–H and O–H groups in total. The van der Waals surface area contributed by atoms with Gasteiger partial charge in [0.2, 0.25) is 5.91 Å². The van der Waals surface area contributed by atoms with Crippen molar-refractivity contribution in [3.63, 3.8) is 0 Å². The number of rotatable bonds is 4. The van der Waals surface area contributed by atoms with Crippen LogP contribution in [-0.2, 0) is 4.79 Å². The lowest BCUT2D eigenvalue weighted by atomic mass is 10.2. The molecular formula is C21H18ClN3O2S3. The van der Waals surface area contributed by atoms with Gasteiger partial charge >= 0.3 is 0 Å². The van der Waals surface area contributed by atoms with Gasteiger partial charge in [0.15, 0.2) is 8.29 Å². The van der Waals surface area contributed by atoms with E-state index in [9.17, 15) is 9.59 Å². The van der Waals surface area contributed by atoms with Gasteiger partial charge in [-0.1, -0.05) is 59.3 Å². The number of benzene rings is 2. The van der Waals surface area contributed by atoms with Gasteiger partial charge in [0.1, 0.15) is 0 Å². The monoisotopic (exact) mass is 475 g/mol. The van der Waals surface area contributed by atoms with Gasteiger partial charge in [0, 0.05) is 17.1 Å². The Bertz CT molecular complexity index is 1110. The zero-order valence-electron chi connectivity index (χ0n) is 15.9. The van der Waals surface area contributed by atoms with Crippen molar-refractivity contribution in [2.45, 2.75) is 28.9 Å². The van der Waals surface area contributed by atoms with Crippen molar-refractivity contribution in [1.82, 2.24) is 14.7 Å². The van der Waals surface area contributed by atoms with Crippen molar-refractivity contribution in [1.29, 1.82) is 0 Å². The Kier molecular flexibility index (Phi) is 6.67. The molecule has 0 aliphatic carbocycles. The summed E-state index contributed by atoms with van der Waals surface area (Å²) in [6, 6.07) is 16.3. The minimum atomic E-state index is -0.367. The van der Waals surface area contributed by atoms with E-state index in [-0.39, 0.29) is 17.1 Å². The molecule has 1 aliphatic heterocycles. The van der Waals surface area contributed by atoms with Gasteiger partial charge in [0.05, 0.1) is 10.9 Å². The van der Waals surface area contributed by atoms with E-state index < -0.39 is 0 Å². The summed E-state index contributed by atoms with van der Waals surface area (Å²) in [5, 5.41) is 4.79. The van der Waals surface area contributed by atoms with E-state index in [1.165, 1.54) is 28.0 Å². The number of para-hydroxylation sites is 1. The van der Waals surface area contributed by atoms with Crippen molar-refractivity contribution in [2.24, 2.45) is 0 Å². The molecule has 154 valence electrons. The lowest BCUT2D eigenvalue weighted by molar-refractivity contribution is -0.127. The van der Waals surface area contributed by atoms with Crippen LogP contribution in [-0.4, -0.2) is 38.3 Å². The summed E-state index contributed by atoms with van der Waals surface area (Å²) >= 11 is 14.1. The first-order chi connectivity index (χ1) is 14.5. The zero-order chi connectivity index (χ0) is 21.1. The average Bonchev–Trinajstić information content (AvgIpc) is 3.03. The van der Waals surface area contributed by atoms with E-state index in [0.29, 0.717) is 27.5 Å². The van der Waals surface area contributed by atoms with Crippen molar-refractivity contribution in [2.75, 3.05) is 6.54 Å². The number of amides is 2. The predicted molar refractivity (Wildman–Crippen MR) is 123 cm³/mol. The molecule has 5 nitrogen and oxygen atoms in total. The van der Waals surface area contributed by atoms with E-state index in [4.69, 9.17) is 23.8 Å². The number of nitrogens with zero attached hydrogens (tertiary/aromatic N) is 3. The number of aromatic nitrogens is 2. The standard InChI is InChI=1S/C21H18ClN3O2S3/c22-15-11-9-14(10-12-15)18(26)24-13-5-4-8-17(19(24)27)29-20-23-25(21(28)30-20)16-6-2-1-3-7-16/h1-3,6-7,9-12,17H,4-5,8,13H2. The van der Waals surface area contributed by atoms with Crippen LogP contribution < -0.4 is 0 Å². The molecule has 1 fully saturated rings. The summed E-state index contributed by atoms with van der Waals surface area (Å²) in [4.78, 5) is 27.5. The lowest BCUT2D eigenvalue weighted by Gasteiger charge is -2.22. The van der Waals surface area contributed by atoms with Crippen LogP contribution in [0.25, 0.3) is 5.69 Å². The minimum Gasteiger partial charge on any atom is -0.278 e. The van der Waals surface area contributed by atoms with Crippen molar-refractivity contribution >= 4 is 58.7 Å². The molecule has 0 spiro atoms. The second kappa shape index (κ2) is 9.43. The van der Waals surface area contributed by atoms with Gasteiger partial charge in [-0.3, -0.25) is 14.5 Å². The first-order valence-electron chi connectivity index (χ1n) is 9.46. The fraction of sp³-hybridized carbons (Fsp3) is 0.238. The summed E-state index contributed by atoms with van der Waals surface area (Å²) in [6.07, 6.45) is 2.36. The molecule has 2 heterocycles. The van der Waals surface area contributed by atoms with E-state index in [1.807, 2.05) is 30.3 Å². The Morgan fingerprint density at radius 2 is 1.87 bits per heavy atom. The van der Waals surface area contributed by atoms with Crippen molar-refractivity contribution in [3.8, 4) is 5.69 Å². The Balaban J connectivity index is 1.54. The number of likely N-dealkylation sites (tertiary alicyclic amines) is 1. The number of halogens is 1. The topological polar surface area (TPSA) is 55.2 Å². The third-order valence-corrected chi connectivity index (χ3v) is 7.57. The second-order valence-corrected chi connectivity index (χ2v) is 10.3. The maximum absolute atomic E-state index is 13.2. The third-order valence-electron chi connectivity index (χ3n) is 4.75. The number of thioether (sulfide) groups is 1. The van der Waals surface area contributed by atoms with Crippen molar-refractivity contribution < 1.29 is 9.59 Å². The van der Waals surface area contributed by atoms with E-state index >= 15 is 0 Å². The Morgan fingerprint density at radius 3 is 2.60 bits per heavy atom. The third kappa shape index (κ3) is 4.67. The molecule has 1 atom stereocenters. The summed E-state index contributed by atoms with van der Waals surface area (Å²) < 4.78 is 3.06. The summed E-state index contributed by atoms with van der Waals surface area (Å²) in [7, 11) is 0. The molecule has 1 unspecified atom stereocenters. The van der Waals surface area contributed by atoms with Gasteiger partial charge < -0.3 is 0 Å². The maximum Gasteiger partial charge on any atom is 0.260 e. The number of hydrogen-bond donors (Lipinski definition) is 0. The molecule has 2 amide bonds. The fourth-order valence-electron chi connectivity index (χ4n) is 3.23. The van der Waals surface area contributed by atoms with Crippen LogP contribution >= 0.6 is 46.9 Å². The highest BCUT2D eigenvalue weighted by Crippen LogP contribution is 2.33. The molecule has 30 heavy (non-hydrogen) atoms. The second-order valence-electron chi connectivity index (χ2n) is 6.79. The van der Waals surface area contributed by atoms with Crippen LogP contribution in [0.2, 0.25) is 5.02 Å². The van der Waals surface area contributed by atoms with E-state index in [2.05, 4.69) is 5.10 Å². The lowest BCUT2D eigenvalue weighted by Crippen LogP contribution is -2.41. The highest BCUT2D eigenvalue weighted by molar-refractivity contribution is 8.02. The molecule has 0 radical (unpaired) electrons. The van der Waals surface area contributed by atoms with Crippen LogP contribution in [0.4, 0.5) is 0 Å². The van der Waals surface area contributed by atoms with Crippen molar-refractivity contribution in [3.05, 3.63) is 69.1 Å². The highest BCUT2D eigenvalue weighted by atomic mass is 35.5. The summed E-state index contributed by atoms with van der Waals surface area (Å²) in [6.45, 7) is 0.422. The Labute approximate surface area is 192 Å². The SMILES string of the molecule is O=C(c1ccc(Cl)cc1)N1CCCCC(Sc2nn(-c3ccccc3)c(=S)s2)C1=O. The first-order valence-corrected chi connectivity index (χ1v) is 11.9. The summed E-state index contributed by atoms with van der Waals surface area (Å²) in [5.41, 5.74) is 1.35. The number of carbonyl (C=O) groups is 2. The highest BCUT2D eigenvalue weighted by Gasteiger charge is 2.33. The van der Waals surface area contributed by atoms with Gasteiger partial charge in [-0.2, -0.15) is 0 Å². The van der Waals surface area contributed by atoms with Gasteiger partial charge in [0.25, 0.3) is 5.91 Å². The molecule has 1 aromatic heterocycles. The molecule has 0 bridgehead atoms. The Hall–Kier alpha value is -2.00. The molecular weight excluding hydrogens is 458 g/mol. The molecule has 1 aliphatic rings. The Morgan fingerprint density at radius 1 is 1.13 bits per heavy atom. The average molecular weight is 476 g/mol. The maximum atomic E-state index is 13.2. The summed E-state index contributed by atoms with van der Waals surface area (Å²) in [5.74, 6) is -0.462. The van der Waals surface area contributed by atoms with Crippen LogP contribution in [0.15, 0.2) is 58.9 Å². The molecule has 4 rings (SSSR count). The van der Waals surface area contributed by atoms with Crippen LogP contribution in [0.1, 0.15) is 29.6 Å². The molecule has 2 aromatic carbocycles. The van der Waals surface area contributed by atoms with Gasteiger partial charge in [-0.05, 0) is 61.5 Å². The van der Waals surface area contributed by atoms with Crippen LogP contribution in [0, 0.1) is 3.95 Å². The first kappa shape index (κ1) is 21.2. The van der Waals surface area contributed by atoms with Crippen LogP contribution in [0.5, 0.6) is 0 Å². The van der Waals surface area contributed by atoms with E-state index in [0.717, 1.165) is 22.9 Å². The quantitative estimate of drug-likeness (QED) is 0.361. The number of carbonyl (C=O) groups excluding carboxylic acids is 2. The zero-order valence-corrected chi connectivity index (χ0v) is 19.1. The minimum absolute atomic E-state index is 0.176. The fourth-order valence-corrected chi connectivity index (χ4v) is 6.06. The molecule has 3 aromatic rings. The van der Waals surface area contributed by atoms with Crippen LogP contribution in [0.3, 0.4) is 0 Å².